The summed E-state index contributed by atoms with van der Waals surface area (Å²) in [6, 6.07) is 6.69. The molecule has 0 saturated heterocycles. The zero-order chi connectivity index (χ0) is 13.2. The number of hydrogen-bond donors (Lipinski definition) is 1. The molecular formula is C17H29N. The average Bonchev–Trinajstić information content (AvgIpc) is 2.41. The van der Waals surface area contributed by atoms with Gasteiger partial charge < -0.3 is 5.32 Å². The van der Waals surface area contributed by atoms with Gasteiger partial charge in [-0.25, -0.2) is 0 Å². The fraction of sp³-hybridized carbons (Fsp3) is 0.647. The maximum Gasteiger partial charge on any atom is -0.00516 e. The van der Waals surface area contributed by atoms with E-state index in [-0.39, 0.29) is 0 Å². The third-order valence-corrected chi connectivity index (χ3v) is 3.48. The fourth-order valence-corrected chi connectivity index (χ4v) is 2.45. The number of benzene rings is 1. The fourth-order valence-electron chi connectivity index (χ4n) is 2.45. The molecule has 0 saturated carbocycles. The van der Waals surface area contributed by atoms with Crippen LogP contribution in [0.2, 0.25) is 0 Å². The molecule has 0 fully saturated rings. The minimum atomic E-state index is 1.17. The Morgan fingerprint density at radius 1 is 1.00 bits per heavy atom. The van der Waals surface area contributed by atoms with Crippen LogP contribution in [-0.2, 0) is 12.8 Å². The van der Waals surface area contributed by atoms with Gasteiger partial charge in [-0.05, 0) is 75.2 Å². The first kappa shape index (κ1) is 15.2. The molecule has 0 atom stereocenters. The van der Waals surface area contributed by atoms with E-state index in [9.17, 15) is 0 Å². The highest BCUT2D eigenvalue weighted by Gasteiger charge is 2.09. The third-order valence-electron chi connectivity index (χ3n) is 3.48. The summed E-state index contributed by atoms with van der Waals surface area (Å²) in [5, 5.41) is 3.28. The molecule has 1 aliphatic rings. The molecule has 0 heterocycles. The maximum absolute atomic E-state index is 3.28. The van der Waals surface area contributed by atoms with Crippen LogP contribution in [0.3, 0.4) is 0 Å². The predicted molar refractivity (Wildman–Crippen MR) is 81.3 cm³/mol. The van der Waals surface area contributed by atoms with Crippen molar-refractivity contribution >= 4 is 0 Å². The molecule has 0 aromatic heterocycles. The first-order valence-corrected chi connectivity index (χ1v) is 7.57. The highest BCUT2D eigenvalue weighted by atomic mass is 14.8. The van der Waals surface area contributed by atoms with Gasteiger partial charge in [0.05, 0.1) is 0 Å². The van der Waals surface area contributed by atoms with Gasteiger partial charge in [0, 0.05) is 0 Å². The van der Waals surface area contributed by atoms with Crippen molar-refractivity contribution in [1.29, 1.82) is 0 Å². The molecule has 2 rings (SSSR count). The van der Waals surface area contributed by atoms with E-state index in [0.717, 1.165) is 0 Å². The van der Waals surface area contributed by atoms with Crippen LogP contribution in [0.5, 0.6) is 0 Å². The molecule has 1 N–H and O–H groups in total. The van der Waals surface area contributed by atoms with Gasteiger partial charge in [0.25, 0.3) is 0 Å². The molecule has 1 heteroatoms. The highest BCUT2D eigenvalue weighted by Crippen LogP contribution is 2.23. The van der Waals surface area contributed by atoms with Crippen LogP contribution in [0.4, 0.5) is 0 Å². The van der Waals surface area contributed by atoms with E-state index in [2.05, 4.69) is 44.3 Å². The largest absolute Gasteiger partial charge is 0.317 e. The van der Waals surface area contributed by atoms with Crippen molar-refractivity contribution < 1.29 is 0 Å². The topological polar surface area (TPSA) is 12.0 Å². The van der Waals surface area contributed by atoms with Crippen molar-refractivity contribution in [3.8, 4) is 0 Å². The number of hydrogen-bond acceptors (Lipinski definition) is 1. The van der Waals surface area contributed by atoms with Crippen LogP contribution >= 0.6 is 0 Å². The second-order valence-electron chi connectivity index (χ2n) is 5.17. The average molecular weight is 247 g/mol. The summed E-state index contributed by atoms with van der Waals surface area (Å²) < 4.78 is 0. The Morgan fingerprint density at radius 2 is 1.67 bits per heavy atom. The van der Waals surface area contributed by atoms with Crippen LogP contribution in [0.15, 0.2) is 18.2 Å². The molecule has 1 aromatic carbocycles. The number of aryl methyl sites for hydroxylation is 2. The molecule has 1 aliphatic carbocycles. The minimum absolute atomic E-state index is 1.17. The first-order chi connectivity index (χ1) is 8.79. The Balaban J connectivity index is 0.000000203. The molecule has 18 heavy (non-hydrogen) atoms. The van der Waals surface area contributed by atoms with E-state index >= 15 is 0 Å². The molecule has 102 valence electrons. The first-order valence-electron chi connectivity index (χ1n) is 7.57. The normalized spacial score (nSPS) is 13.5. The lowest BCUT2D eigenvalue weighted by atomic mass is 9.89. The lowest BCUT2D eigenvalue weighted by molar-refractivity contribution is 0.662. The summed E-state index contributed by atoms with van der Waals surface area (Å²) in [5.74, 6) is 0. The third kappa shape index (κ3) is 5.22. The van der Waals surface area contributed by atoms with Gasteiger partial charge in [0.15, 0.2) is 0 Å². The second-order valence-corrected chi connectivity index (χ2v) is 5.17. The van der Waals surface area contributed by atoms with Crippen molar-refractivity contribution in [1.82, 2.24) is 5.32 Å². The Kier molecular flexibility index (Phi) is 7.75. The molecule has 0 amide bonds. The van der Waals surface area contributed by atoms with Gasteiger partial charge in [-0.1, -0.05) is 32.0 Å². The van der Waals surface area contributed by atoms with Crippen LogP contribution < -0.4 is 5.32 Å². The Morgan fingerprint density at radius 3 is 2.28 bits per heavy atom. The van der Waals surface area contributed by atoms with E-state index in [1.807, 2.05) is 0 Å². The summed E-state index contributed by atoms with van der Waals surface area (Å²) >= 11 is 0. The molecule has 1 nitrogen and oxygen atoms in total. The summed E-state index contributed by atoms with van der Waals surface area (Å²) in [7, 11) is 0. The summed E-state index contributed by atoms with van der Waals surface area (Å²) in [5.41, 5.74) is 4.71. The van der Waals surface area contributed by atoms with Crippen molar-refractivity contribution in [2.75, 3.05) is 13.1 Å². The van der Waals surface area contributed by atoms with Crippen molar-refractivity contribution in [2.24, 2.45) is 0 Å². The minimum Gasteiger partial charge on any atom is -0.317 e. The summed E-state index contributed by atoms with van der Waals surface area (Å²) in [6.45, 7) is 8.94. The molecule has 0 spiro atoms. The zero-order valence-corrected chi connectivity index (χ0v) is 12.4. The lowest BCUT2D eigenvalue weighted by Gasteiger charge is -2.17. The highest BCUT2D eigenvalue weighted by molar-refractivity contribution is 5.35. The van der Waals surface area contributed by atoms with Crippen molar-refractivity contribution in [3.05, 3.63) is 34.9 Å². The lowest BCUT2D eigenvalue weighted by Crippen LogP contribution is -2.14. The van der Waals surface area contributed by atoms with E-state index in [1.165, 1.54) is 57.2 Å². The van der Waals surface area contributed by atoms with Gasteiger partial charge in [0.1, 0.15) is 0 Å². The van der Waals surface area contributed by atoms with E-state index in [1.54, 1.807) is 11.1 Å². The zero-order valence-electron chi connectivity index (χ0n) is 12.4. The quantitative estimate of drug-likeness (QED) is 0.784. The number of rotatable bonds is 4. The molecule has 1 aromatic rings. The van der Waals surface area contributed by atoms with Gasteiger partial charge in [-0.2, -0.15) is 0 Å². The van der Waals surface area contributed by atoms with Gasteiger partial charge in [-0.3, -0.25) is 0 Å². The molecular weight excluding hydrogens is 218 g/mol. The standard InChI is InChI=1S/C11H14.C6H15N/c1-9-5-4-7-10-6-2-3-8-11(9)10;1-3-5-7-6-4-2/h4-5,7H,2-3,6,8H2,1H3;7H,3-6H2,1-2H3. The van der Waals surface area contributed by atoms with Crippen molar-refractivity contribution in [2.45, 2.75) is 59.3 Å². The second kappa shape index (κ2) is 9.16. The molecule has 0 bridgehead atoms. The Hall–Kier alpha value is -0.820. The van der Waals surface area contributed by atoms with Gasteiger partial charge in [0.2, 0.25) is 0 Å². The van der Waals surface area contributed by atoms with E-state index < -0.39 is 0 Å². The van der Waals surface area contributed by atoms with Crippen LogP contribution in [0.25, 0.3) is 0 Å². The van der Waals surface area contributed by atoms with Gasteiger partial charge >= 0.3 is 0 Å². The van der Waals surface area contributed by atoms with Crippen LogP contribution in [-0.4, -0.2) is 13.1 Å². The van der Waals surface area contributed by atoms with E-state index in [0.29, 0.717) is 0 Å². The molecule has 0 aliphatic heterocycles. The van der Waals surface area contributed by atoms with Crippen molar-refractivity contribution in [3.63, 3.8) is 0 Å². The summed E-state index contributed by atoms with van der Waals surface area (Å²) in [6.07, 6.45) is 7.88. The number of nitrogens with one attached hydrogen (secondary N) is 1. The van der Waals surface area contributed by atoms with Crippen LogP contribution in [0, 0.1) is 6.92 Å². The van der Waals surface area contributed by atoms with Gasteiger partial charge in [-0.15, -0.1) is 0 Å². The SMILES string of the molecule is CCCNCCC.Cc1cccc2c1CCCC2. The number of fused-ring (bicyclic) bond motifs is 1. The predicted octanol–water partition coefficient (Wildman–Crippen LogP) is 4.27. The smallest absolute Gasteiger partial charge is 0.00516 e. The summed E-state index contributed by atoms with van der Waals surface area (Å²) in [4.78, 5) is 0. The van der Waals surface area contributed by atoms with Crippen LogP contribution in [0.1, 0.15) is 56.2 Å². The Labute approximate surface area is 113 Å². The monoisotopic (exact) mass is 247 g/mol. The maximum atomic E-state index is 3.28. The van der Waals surface area contributed by atoms with E-state index in [4.69, 9.17) is 0 Å². The molecule has 0 radical (unpaired) electrons. The Bertz CT molecular complexity index is 326. The molecule has 0 unspecified atom stereocenters.